The van der Waals surface area contributed by atoms with E-state index in [1.165, 1.54) is 6.92 Å². The number of hydrogen-bond acceptors (Lipinski definition) is 3. The van der Waals surface area contributed by atoms with Crippen molar-refractivity contribution in [1.29, 1.82) is 0 Å². The van der Waals surface area contributed by atoms with E-state index in [1.54, 1.807) is 59.5 Å². The van der Waals surface area contributed by atoms with Crippen molar-refractivity contribution in [2.24, 2.45) is 0 Å². The molecule has 0 amide bonds. The SMILES string of the molecule is CC(=O)Oc1ccc(-c2ccc(C3=[S+]CCCS3)c(F)c2F)cc1. The number of carbonyl (C=O) groups excluding carboxylic acids is 1. The Morgan fingerprint density at radius 3 is 2.38 bits per heavy atom. The highest BCUT2D eigenvalue weighted by Crippen LogP contribution is 2.30. The zero-order valence-corrected chi connectivity index (χ0v) is 14.6. The second-order valence-corrected chi connectivity index (χ2v) is 7.71. The van der Waals surface area contributed by atoms with Gasteiger partial charge in [-0.15, -0.1) is 0 Å². The van der Waals surface area contributed by atoms with E-state index in [0.29, 0.717) is 16.9 Å². The number of thioether (sulfide) groups is 1. The van der Waals surface area contributed by atoms with Crippen LogP contribution in [-0.4, -0.2) is 21.7 Å². The second kappa shape index (κ2) is 7.40. The molecular weight excluding hydrogens is 350 g/mol. The number of halogens is 2. The van der Waals surface area contributed by atoms with Crippen molar-refractivity contribution in [3.8, 4) is 16.9 Å². The third kappa shape index (κ3) is 3.65. The molecule has 2 nitrogen and oxygen atoms in total. The minimum atomic E-state index is -0.855. The molecule has 0 spiro atoms. The molecule has 0 aromatic heterocycles. The molecule has 124 valence electrons. The van der Waals surface area contributed by atoms with Crippen LogP contribution < -0.4 is 4.74 Å². The van der Waals surface area contributed by atoms with Crippen LogP contribution in [0, 0.1) is 11.6 Å². The minimum Gasteiger partial charge on any atom is -0.427 e. The van der Waals surface area contributed by atoms with Gasteiger partial charge in [0.15, 0.2) is 28.7 Å². The van der Waals surface area contributed by atoms with Gasteiger partial charge in [-0.2, -0.15) is 0 Å². The van der Waals surface area contributed by atoms with Gasteiger partial charge in [-0.1, -0.05) is 30.0 Å². The Bertz CT molecular complexity index is 801. The predicted octanol–water partition coefficient (Wildman–Crippen LogP) is 4.25. The van der Waals surface area contributed by atoms with Crippen molar-refractivity contribution >= 4 is 33.3 Å². The Kier molecular flexibility index (Phi) is 5.26. The van der Waals surface area contributed by atoms with Gasteiger partial charge < -0.3 is 4.74 Å². The van der Waals surface area contributed by atoms with Crippen LogP contribution in [-0.2, 0) is 16.1 Å². The van der Waals surface area contributed by atoms with E-state index in [9.17, 15) is 13.6 Å². The zero-order valence-electron chi connectivity index (χ0n) is 13.0. The van der Waals surface area contributed by atoms with Crippen LogP contribution in [0.4, 0.5) is 8.78 Å². The molecule has 3 rings (SSSR count). The Morgan fingerprint density at radius 2 is 1.75 bits per heavy atom. The van der Waals surface area contributed by atoms with Crippen LogP contribution in [0.3, 0.4) is 0 Å². The Morgan fingerprint density at radius 1 is 1.08 bits per heavy atom. The number of hydrogen-bond donors (Lipinski definition) is 0. The Balaban J connectivity index is 1.93. The lowest BCUT2D eigenvalue weighted by molar-refractivity contribution is -0.131. The highest BCUT2D eigenvalue weighted by atomic mass is 32.2. The summed E-state index contributed by atoms with van der Waals surface area (Å²) in [6.07, 6.45) is 1.08. The first-order valence-corrected chi connectivity index (χ1v) is 9.43. The summed E-state index contributed by atoms with van der Waals surface area (Å²) in [6.45, 7) is 1.31. The smallest absolute Gasteiger partial charge is 0.308 e. The largest absolute Gasteiger partial charge is 0.427 e. The topological polar surface area (TPSA) is 26.3 Å². The van der Waals surface area contributed by atoms with E-state index in [0.717, 1.165) is 22.1 Å². The van der Waals surface area contributed by atoms with Crippen LogP contribution in [0.1, 0.15) is 18.9 Å². The minimum absolute atomic E-state index is 0.192. The lowest BCUT2D eigenvalue weighted by Crippen LogP contribution is -2.10. The number of esters is 1. The van der Waals surface area contributed by atoms with E-state index < -0.39 is 17.6 Å². The summed E-state index contributed by atoms with van der Waals surface area (Å²) in [5.41, 5.74) is 1.06. The molecule has 0 N–H and O–H groups in total. The van der Waals surface area contributed by atoms with Gasteiger partial charge in [-0.25, -0.2) is 8.78 Å². The average molecular weight is 365 g/mol. The van der Waals surface area contributed by atoms with Gasteiger partial charge in [0.25, 0.3) is 4.20 Å². The van der Waals surface area contributed by atoms with Gasteiger partial charge in [-0.05, 0) is 23.8 Å². The van der Waals surface area contributed by atoms with E-state index in [-0.39, 0.29) is 5.56 Å². The predicted molar refractivity (Wildman–Crippen MR) is 96.5 cm³/mol. The molecule has 2 aromatic rings. The molecule has 0 radical (unpaired) electrons. The maximum atomic E-state index is 14.5. The summed E-state index contributed by atoms with van der Waals surface area (Å²) in [5.74, 6) is 0.143. The number of ether oxygens (including phenoxy) is 1. The summed E-state index contributed by atoms with van der Waals surface area (Å²) >= 11 is 3.15. The quantitative estimate of drug-likeness (QED) is 0.352. The van der Waals surface area contributed by atoms with Crippen molar-refractivity contribution in [3.05, 3.63) is 53.6 Å². The maximum absolute atomic E-state index is 14.5. The van der Waals surface area contributed by atoms with E-state index in [2.05, 4.69) is 0 Å². The second-order valence-electron chi connectivity index (χ2n) is 5.24. The van der Waals surface area contributed by atoms with Crippen molar-refractivity contribution in [2.75, 3.05) is 11.5 Å². The molecule has 6 heteroatoms. The fourth-order valence-corrected chi connectivity index (χ4v) is 4.97. The molecule has 0 bridgehead atoms. The van der Waals surface area contributed by atoms with Gasteiger partial charge in [-0.3, -0.25) is 4.79 Å². The van der Waals surface area contributed by atoms with Crippen LogP contribution in [0.15, 0.2) is 36.4 Å². The lowest BCUT2D eigenvalue weighted by atomic mass is 10.0. The zero-order chi connectivity index (χ0) is 17.1. The number of carbonyl (C=O) groups is 1. The van der Waals surface area contributed by atoms with Gasteiger partial charge in [0, 0.05) is 24.7 Å². The molecule has 24 heavy (non-hydrogen) atoms. The lowest BCUT2D eigenvalue weighted by Gasteiger charge is -2.09. The Hall–Kier alpha value is -1.79. The monoisotopic (exact) mass is 365 g/mol. The third-order valence-electron chi connectivity index (χ3n) is 3.48. The first kappa shape index (κ1) is 17.0. The molecule has 0 atom stereocenters. The van der Waals surface area contributed by atoms with E-state index in [4.69, 9.17) is 4.74 Å². The van der Waals surface area contributed by atoms with E-state index >= 15 is 0 Å². The molecule has 0 saturated carbocycles. The highest BCUT2D eigenvalue weighted by molar-refractivity contribution is 8.23. The fourth-order valence-electron chi connectivity index (χ4n) is 2.38. The summed E-state index contributed by atoms with van der Waals surface area (Å²) < 4.78 is 34.8. The molecule has 0 saturated heterocycles. The average Bonchev–Trinajstić information content (AvgIpc) is 2.58. The normalized spacial score (nSPS) is 14.2. The van der Waals surface area contributed by atoms with Gasteiger partial charge in [0.05, 0.1) is 5.56 Å². The molecule has 1 aliphatic rings. The number of benzene rings is 2. The van der Waals surface area contributed by atoms with Crippen molar-refractivity contribution in [1.82, 2.24) is 0 Å². The van der Waals surface area contributed by atoms with Crippen molar-refractivity contribution < 1.29 is 18.3 Å². The molecule has 0 aliphatic carbocycles. The van der Waals surface area contributed by atoms with Gasteiger partial charge in [0.1, 0.15) is 5.75 Å². The molecule has 1 aliphatic heterocycles. The molecule has 2 aromatic carbocycles. The standard InChI is InChI=1S/C18H15F2O2S2/c1-11(21)22-13-5-3-12(4-6-13)14-7-8-15(17(20)16(14)19)18-23-9-2-10-24-18/h3-8H,2,9-10H2,1H3/q+1. The maximum Gasteiger partial charge on any atom is 0.308 e. The van der Waals surface area contributed by atoms with E-state index in [1.807, 2.05) is 0 Å². The summed E-state index contributed by atoms with van der Waals surface area (Å²) in [7, 11) is 0. The van der Waals surface area contributed by atoms with Crippen LogP contribution in [0.2, 0.25) is 0 Å². The van der Waals surface area contributed by atoms with Gasteiger partial charge >= 0.3 is 5.97 Å². The summed E-state index contributed by atoms with van der Waals surface area (Å²) in [4.78, 5) is 10.9. The third-order valence-corrected chi connectivity index (χ3v) is 6.14. The Labute approximate surface area is 147 Å². The van der Waals surface area contributed by atoms with Crippen molar-refractivity contribution in [2.45, 2.75) is 13.3 Å². The van der Waals surface area contributed by atoms with Crippen LogP contribution in [0.25, 0.3) is 11.1 Å². The first-order valence-electron chi connectivity index (χ1n) is 7.46. The molecule has 0 fully saturated rings. The van der Waals surface area contributed by atoms with Crippen LogP contribution in [0.5, 0.6) is 5.75 Å². The molecule has 0 unspecified atom stereocenters. The number of rotatable bonds is 3. The summed E-state index contributed by atoms with van der Waals surface area (Å²) in [5, 5.41) is 0. The highest BCUT2D eigenvalue weighted by Gasteiger charge is 2.25. The molecular formula is C18H15F2O2S2+. The van der Waals surface area contributed by atoms with Crippen molar-refractivity contribution in [3.63, 3.8) is 0 Å². The first-order chi connectivity index (χ1) is 11.6. The summed E-state index contributed by atoms with van der Waals surface area (Å²) in [6, 6.07) is 9.55. The molecule has 1 heterocycles. The van der Waals surface area contributed by atoms with Gasteiger partial charge in [0.2, 0.25) is 0 Å². The fraction of sp³-hybridized carbons (Fsp3) is 0.222. The van der Waals surface area contributed by atoms with Crippen LogP contribution >= 0.6 is 11.8 Å².